The number of halogens is 1. The highest BCUT2D eigenvalue weighted by Crippen LogP contribution is 2.21. The zero-order valence-electron chi connectivity index (χ0n) is 10.3. The number of nitrogens with one attached hydrogen (secondary N) is 1. The smallest absolute Gasteiger partial charge is 0.143 e. The second-order valence-corrected chi connectivity index (χ2v) is 4.02. The molecule has 0 atom stereocenters. The Balaban J connectivity index is 2.60. The van der Waals surface area contributed by atoms with Gasteiger partial charge in [-0.2, -0.15) is 0 Å². The summed E-state index contributed by atoms with van der Waals surface area (Å²) < 4.78 is 13.7. The lowest BCUT2D eigenvalue weighted by Gasteiger charge is -2.10. The van der Waals surface area contributed by atoms with Crippen molar-refractivity contribution in [1.82, 2.24) is 5.43 Å². The van der Waals surface area contributed by atoms with Crippen LogP contribution in [0.2, 0.25) is 0 Å². The van der Waals surface area contributed by atoms with Crippen molar-refractivity contribution in [3.63, 3.8) is 0 Å². The van der Waals surface area contributed by atoms with E-state index >= 15 is 0 Å². The molecule has 0 aromatic heterocycles. The predicted octanol–water partition coefficient (Wildman–Crippen LogP) is 2.60. The fourth-order valence-corrected chi connectivity index (χ4v) is 1.90. The van der Waals surface area contributed by atoms with Gasteiger partial charge in [-0.15, -0.1) is 0 Å². The van der Waals surface area contributed by atoms with Gasteiger partial charge in [-0.3, -0.25) is 4.99 Å². The van der Waals surface area contributed by atoms with Crippen LogP contribution in [0.15, 0.2) is 41.4 Å². The maximum atomic E-state index is 13.7. The van der Waals surface area contributed by atoms with Gasteiger partial charge in [0.15, 0.2) is 0 Å². The molecular weight excluding hydrogens is 229 g/mol. The van der Waals surface area contributed by atoms with Crippen LogP contribution in [0.25, 0.3) is 10.8 Å². The fourth-order valence-electron chi connectivity index (χ4n) is 1.90. The molecule has 0 fully saturated rings. The van der Waals surface area contributed by atoms with Crippen LogP contribution in [0.5, 0.6) is 0 Å². The molecule has 3 nitrogen and oxygen atoms in total. The number of amidine groups is 1. The van der Waals surface area contributed by atoms with Crippen LogP contribution in [0.1, 0.15) is 18.9 Å². The van der Waals surface area contributed by atoms with Crippen LogP contribution in [-0.2, 0) is 0 Å². The number of benzene rings is 2. The molecule has 0 unspecified atom stereocenters. The Morgan fingerprint density at radius 2 is 1.94 bits per heavy atom. The average Bonchev–Trinajstić information content (AvgIpc) is 2.42. The second-order valence-electron chi connectivity index (χ2n) is 4.02. The minimum Gasteiger partial charge on any atom is -0.308 e. The lowest BCUT2D eigenvalue weighted by atomic mass is 10.0. The Bertz CT molecular complexity index is 578. The summed E-state index contributed by atoms with van der Waals surface area (Å²) in [7, 11) is 0. The Morgan fingerprint density at radius 3 is 2.61 bits per heavy atom. The highest BCUT2D eigenvalue weighted by molar-refractivity contribution is 6.09. The molecule has 18 heavy (non-hydrogen) atoms. The number of hydrogen-bond acceptors (Lipinski definition) is 2. The van der Waals surface area contributed by atoms with Crippen molar-refractivity contribution >= 4 is 16.6 Å². The first-order valence-electron chi connectivity index (χ1n) is 5.96. The zero-order chi connectivity index (χ0) is 13.0. The van der Waals surface area contributed by atoms with Gasteiger partial charge in [0.2, 0.25) is 0 Å². The van der Waals surface area contributed by atoms with E-state index in [1.165, 1.54) is 6.07 Å². The van der Waals surface area contributed by atoms with Gasteiger partial charge in [0.1, 0.15) is 11.7 Å². The number of nitrogens with zero attached hydrogens (tertiary/aromatic N) is 1. The topological polar surface area (TPSA) is 50.4 Å². The van der Waals surface area contributed by atoms with Gasteiger partial charge in [-0.25, -0.2) is 10.2 Å². The van der Waals surface area contributed by atoms with Crippen LogP contribution in [0.4, 0.5) is 4.39 Å². The van der Waals surface area contributed by atoms with Crippen LogP contribution < -0.4 is 11.3 Å². The van der Waals surface area contributed by atoms with Gasteiger partial charge in [0.25, 0.3) is 0 Å². The van der Waals surface area contributed by atoms with Crippen LogP contribution in [0.3, 0.4) is 0 Å². The SMILES string of the molecule is CCCN=C(NN)c1ccc(F)c2ccccc12. The van der Waals surface area contributed by atoms with Gasteiger partial charge in [-0.1, -0.05) is 31.2 Å². The summed E-state index contributed by atoms with van der Waals surface area (Å²) in [6.07, 6.45) is 0.935. The van der Waals surface area contributed by atoms with Crippen LogP contribution in [0, 0.1) is 5.82 Å². The molecule has 0 aliphatic rings. The van der Waals surface area contributed by atoms with Gasteiger partial charge < -0.3 is 5.43 Å². The van der Waals surface area contributed by atoms with Crippen molar-refractivity contribution in [2.45, 2.75) is 13.3 Å². The summed E-state index contributed by atoms with van der Waals surface area (Å²) in [5.74, 6) is 5.86. The van der Waals surface area contributed by atoms with E-state index < -0.39 is 0 Å². The van der Waals surface area contributed by atoms with E-state index in [2.05, 4.69) is 10.4 Å². The Morgan fingerprint density at radius 1 is 1.22 bits per heavy atom. The van der Waals surface area contributed by atoms with Gasteiger partial charge in [0.05, 0.1) is 0 Å². The highest BCUT2D eigenvalue weighted by Gasteiger charge is 2.09. The Labute approximate surface area is 105 Å². The van der Waals surface area contributed by atoms with Crippen LogP contribution >= 0.6 is 0 Å². The molecule has 0 aliphatic carbocycles. The minimum absolute atomic E-state index is 0.235. The maximum absolute atomic E-state index is 13.7. The molecule has 3 N–H and O–H groups in total. The molecule has 0 saturated heterocycles. The molecule has 4 heteroatoms. The zero-order valence-corrected chi connectivity index (χ0v) is 10.3. The van der Waals surface area contributed by atoms with Gasteiger partial charge in [-0.05, 0) is 23.9 Å². The molecule has 0 spiro atoms. The summed E-state index contributed by atoms with van der Waals surface area (Å²) in [5, 5.41) is 1.39. The third kappa shape index (κ3) is 2.33. The molecule has 2 rings (SSSR count). The summed E-state index contributed by atoms with van der Waals surface area (Å²) >= 11 is 0. The largest absolute Gasteiger partial charge is 0.308 e. The van der Waals surface area contributed by atoms with E-state index in [9.17, 15) is 4.39 Å². The maximum Gasteiger partial charge on any atom is 0.143 e. The molecule has 2 aromatic rings. The van der Waals surface area contributed by atoms with Crippen molar-refractivity contribution in [3.05, 3.63) is 47.8 Å². The van der Waals surface area contributed by atoms with E-state index in [1.54, 1.807) is 12.1 Å². The second kappa shape index (κ2) is 5.60. The molecule has 0 saturated carbocycles. The highest BCUT2D eigenvalue weighted by atomic mass is 19.1. The molecular formula is C14H16FN3. The summed E-state index contributed by atoms with van der Waals surface area (Å²) in [6, 6.07) is 10.4. The molecule has 0 amide bonds. The number of rotatable bonds is 3. The van der Waals surface area contributed by atoms with Gasteiger partial charge >= 0.3 is 0 Å². The molecule has 2 aromatic carbocycles. The lowest BCUT2D eigenvalue weighted by molar-refractivity contribution is 0.640. The first kappa shape index (κ1) is 12.5. The summed E-state index contributed by atoms with van der Waals surface area (Å²) in [4.78, 5) is 4.37. The third-order valence-corrected chi connectivity index (χ3v) is 2.76. The van der Waals surface area contributed by atoms with Crippen molar-refractivity contribution in [2.75, 3.05) is 6.54 Å². The van der Waals surface area contributed by atoms with E-state index in [0.717, 1.165) is 17.4 Å². The number of aliphatic imine (C=N–C) groups is 1. The first-order chi connectivity index (χ1) is 8.77. The van der Waals surface area contributed by atoms with E-state index in [1.807, 2.05) is 25.1 Å². The fraction of sp³-hybridized carbons (Fsp3) is 0.214. The minimum atomic E-state index is -0.235. The average molecular weight is 245 g/mol. The van der Waals surface area contributed by atoms with Crippen molar-refractivity contribution in [2.24, 2.45) is 10.8 Å². The lowest BCUT2D eigenvalue weighted by Crippen LogP contribution is -2.31. The number of fused-ring (bicyclic) bond motifs is 1. The monoisotopic (exact) mass is 245 g/mol. The summed E-state index contributed by atoms with van der Waals surface area (Å²) in [5.41, 5.74) is 3.41. The third-order valence-electron chi connectivity index (χ3n) is 2.76. The number of nitrogens with two attached hydrogens (primary N) is 1. The number of hydrogen-bond donors (Lipinski definition) is 2. The number of hydrazine groups is 1. The molecule has 0 radical (unpaired) electrons. The molecule has 0 aliphatic heterocycles. The molecule has 0 bridgehead atoms. The van der Waals surface area contributed by atoms with Crippen LogP contribution in [-0.4, -0.2) is 12.4 Å². The quantitative estimate of drug-likeness (QED) is 0.378. The van der Waals surface area contributed by atoms with E-state index in [-0.39, 0.29) is 5.82 Å². The van der Waals surface area contributed by atoms with Crippen molar-refractivity contribution in [1.29, 1.82) is 0 Å². The molecule has 94 valence electrons. The standard InChI is InChI=1S/C14H16FN3/c1-2-9-17-14(18-16)12-7-8-13(15)11-6-4-3-5-10(11)12/h3-8H,2,9,16H2,1H3,(H,17,18). The van der Waals surface area contributed by atoms with E-state index in [4.69, 9.17) is 5.84 Å². The molecule has 0 heterocycles. The van der Waals surface area contributed by atoms with Gasteiger partial charge in [0, 0.05) is 17.5 Å². The normalized spacial score (nSPS) is 11.8. The van der Waals surface area contributed by atoms with E-state index in [0.29, 0.717) is 17.8 Å². The van der Waals surface area contributed by atoms with Crippen molar-refractivity contribution < 1.29 is 4.39 Å². The first-order valence-corrected chi connectivity index (χ1v) is 5.96. The summed E-state index contributed by atoms with van der Waals surface area (Å²) in [6.45, 7) is 2.73. The Hall–Kier alpha value is -1.94. The van der Waals surface area contributed by atoms with Crippen molar-refractivity contribution in [3.8, 4) is 0 Å². The Kier molecular flexibility index (Phi) is 3.89. The predicted molar refractivity (Wildman–Crippen MR) is 72.9 cm³/mol.